The van der Waals surface area contributed by atoms with Crippen LogP contribution in [0.1, 0.15) is 0 Å². The highest BCUT2D eigenvalue weighted by atomic mass is 32.1. The number of furan rings is 2. The molecular formula is C64H37N3O2S. The van der Waals surface area contributed by atoms with Crippen LogP contribution < -0.4 is 0 Å². The van der Waals surface area contributed by atoms with Gasteiger partial charge in [0.05, 0.1) is 22.4 Å². The second-order valence-electron chi connectivity index (χ2n) is 18.1. The Morgan fingerprint density at radius 1 is 0.329 bits per heavy atom. The molecule has 0 N–H and O–H groups in total. The van der Waals surface area contributed by atoms with Crippen molar-refractivity contribution in [3.05, 3.63) is 224 Å². The van der Waals surface area contributed by atoms with Crippen LogP contribution in [0.15, 0.2) is 233 Å². The van der Waals surface area contributed by atoms with E-state index in [4.69, 9.17) is 18.8 Å². The SMILES string of the molecule is c1ccc(-c2cc(-c3cccc4oc5ccc(-c6ccc7sc8cc(-c9ccc%10c(c9)c9ccccc9n%10-c9ccccc9)ccc8c7c6)cc5c34)nc(-c3ccc4c(c3)oc3ccccc34)n2)cc1. The third-order valence-corrected chi connectivity index (χ3v) is 15.2. The first-order chi connectivity index (χ1) is 34.6. The van der Waals surface area contributed by atoms with Crippen LogP contribution >= 0.6 is 11.3 Å². The van der Waals surface area contributed by atoms with Gasteiger partial charge in [-0.25, -0.2) is 9.97 Å². The Hall–Kier alpha value is -9.10. The Balaban J connectivity index is 0.823. The van der Waals surface area contributed by atoms with Gasteiger partial charge in [0.25, 0.3) is 0 Å². The summed E-state index contributed by atoms with van der Waals surface area (Å²) >= 11 is 1.85. The fourth-order valence-electron chi connectivity index (χ4n) is 10.7. The summed E-state index contributed by atoms with van der Waals surface area (Å²) in [6.07, 6.45) is 0. The van der Waals surface area contributed by atoms with Gasteiger partial charge >= 0.3 is 0 Å². The molecular weight excluding hydrogens is 875 g/mol. The fourth-order valence-corrected chi connectivity index (χ4v) is 11.8. The van der Waals surface area contributed by atoms with Gasteiger partial charge in [-0.1, -0.05) is 133 Å². The van der Waals surface area contributed by atoms with E-state index >= 15 is 0 Å². The van der Waals surface area contributed by atoms with Crippen molar-refractivity contribution in [1.82, 2.24) is 14.5 Å². The van der Waals surface area contributed by atoms with Crippen LogP contribution in [0.3, 0.4) is 0 Å². The van der Waals surface area contributed by atoms with Gasteiger partial charge in [0.1, 0.15) is 22.3 Å². The van der Waals surface area contributed by atoms with E-state index in [1.807, 2.05) is 53.8 Å². The van der Waals surface area contributed by atoms with E-state index in [-0.39, 0.29) is 0 Å². The number of nitrogens with zero attached hydrogens (tertiary/aromatic N) is 3. The van der Waals surface area contributed by atoms with E-state index in [9.17, 15) is 0 Å². The molecule has 15 aromatic rings. The lowest BCUT2D eigenvalue weighted by Crippen LogP contribution is -1.96. The van der Waals surface area contributed by atoms with Crippen LogP contribution in [0.2, 0.25) is 0 Å². The zero-order chi connectivity index (χ0) is 45.9. The van der Waals surface area contributed by atoms with Gasteiger partial charge in [0.2, 0.25) is 0 Å². The molecule has 0 saturated heterocycles. The number of para-hydroxylation sites is 3. The maximum atomic E-state index is 6.59. The summed E-state index contributed by atoms with van der Waals surface area (Å²) in [4.78, 5) is 10.5. The van der Waals surface area contributed by atoms with E-state index < -0.39 is 0 Å². The Kier molecular flexibility index (Phi) is 8.46. The molecule has 0 atom stereocenters. The standard InChI is InChI=1S/C64H37N3O2S/c1-3-12-38(13-4-1)53-37-54(66-64(65-53)43-23-27-47-46-17-8-10-20-57(46)69-60(47)35-43)49-18-11-21-59-63(49)52-34-40(25-30-58(52)68-59)41-26-31-61-51(33-41)48-28-22-42(36-62(48)70-61)39-24-29-56-50(32-39)45-16-7-9-19-55(45)67(56)44-14-5-2-6-15-44/h1-37H. The number of hydrogen-bond donors (Lipinski definition) is 0. The van der Waals surface area contributed by atoms with Gasteiger partial charge in [-0.15, -0.1) is 11.3 Å². The monoisotopic (exact) mass is 911 g/mol. The number of hydrogen-bond acceptors (Lipinski definition) is 5. The van der Waals surface area contributed by atoms with Gasteiger partial charge in [-0.05, 0) is 113 Å². The number of benzene rings is 10. The Morgan fingerprint density at radius 2 is 0.943 bits per heavy atom. The number of thiophene rings is 1. The summed E-state index contributed by atoms with van der Waals surface area (Å²) in [7, 11) is 0. The third-order valence-electron chi connectivity index (χ3n) is 14.0. The quantitative estimate of drug-likeness (QED) is 0.167. The first kappa shape index (κ1) is 38.9. The van der Waals surface area contributed by atoms with Crippen LogP contribution in [0, 0.1) is 0 Å². The molecule has 15 rings (SSSR count). The van der Waals surface area contributed by atoms with Crippen LogP contribution in [0.4, 0.5) is 0 Å². The molecule has 0 aliphatic heterocycles. The van der Waals surface area contributed by atoms with Crippen molar-refractivity contribution >= 4 is 97.2 Å². The first-order valence-electron chi connectivity index (χ1n) is 23.5. The smallest absolute Gasteiger partial charge is 0.160 e. The van der Waals surface area contributed by atoms with Crippen molar-refractivity contribution in [2.75, 3.05) is 0 Å². The normalized spacial score (nSPS) is 12.0. The van der Waals surface area contributed by atoms with Gasteiger partial charge in [-0.2, -0.15) is 0 Å². The van der Waals surface area contributed by atoms with E-state index in [1.165, 1.54) is 58.8 Å². The van der Waals surface area contributed by atoms with Crippen LogP contribution in [-0.2, 0) is 0 Å². The number of rotatable bonds is 6. The molecule has 10 aromatic carbocycles. The van der Waals surface area contributed by atoms with E-state index in [0.29, 0.717) is 5.82 Å². The molecule has 5 nitrogen and oxygen atoms in total. The summed E-state index contributed by atoms with van der Waals surface area (Å²) in [5.74, 6) is 0.626. The van der Waals surface area contributed by atoms with Crippen molar-refractivity contribution in [1.29, 1.82) is 0 Å². The molecule has 0 radical (unpaired) electrons. The van der Waals surface area contributed by atoms with Crippen molar-refractivity contribution in [3.63, 3.8) is 0 Å². The molecule has 0 amide bonds. The highest BCUT2D eigenvalue weighted by Crippen LogP contribution is 2.43. The lowest BCUT2D eigenvalue weighted by atomic mass is 9.97. The van der Waals surface area contributed by atoms with E-state index in [0.717, 1.165) is 83.1 Å². The molecule has 0 aliphatic carbocycles. The average molecular weight is 912 g/mol. The minimum Gasteiger partial charge on any atom is -0.456 e. The van der Waals surface area contributed by atoms with Gasteiger partial charge in [0.15, 0.2) is 5.82 Å². The molecule has 0 aliphatic rings. The maximum absolute atomic E-state index is 6.59. The molecule has 0 unspecified atom stereocenters. The predicted octanol–water partition coefficient (Wildman–Crippen LogP) is 18.1. The first-order valence-corrected chi connectivity index (χ1v) is 24.3. The molecule has 0 fully saturated rings. The summed E-state index contributed by atoms with van der Waals surface area (Å²) in [6, 6.07) is 79.7. The molecule has 326 valence electrons. The van der Waals surface area contributed by atoms with Crippen molar-refractivity contribution < 1.29 is 8.83 Å². The minimum atomic E-state index is 0.626. The summed E-state index contributed by atoms with van der Waals surface area (Å²) in [6.45, 7) is 0. The average Bonchev–Trinajstić information content (AvgIpc) is 4.19. The van der Waals surface area contributed by atoms with Crippen LogP contribution in [0.25, 0.3) is 148 Å². The van der Waals surface area contributed by atoms with E-state index in [1.54, 1.807) is 0 Å². The lowest BCUT2D eigenvalue weighted by molar-refractivity contribution is 0.668. The van der Waals surface area contributed by atoms with Crippen molar-refractivity contribution in [2.45, 2.75) is 0 Å². The molecule has 5 aromatic heterocycles. The molecule has 5 heterocycles. The molecule has 70 heavy (non-hydrogen) atoms. The highest BCUT2D eigenvalue weighted by Gasteiger charge is 2.20. The van der Waals surface area contributed by atoms with Crippen LogP contribution in [0.5, 0.6) is 0 Å². The second-order valence-corrected chi connectivity index (χ2v) is 19.2. The largest absolute Gasteiger partial charge is 0.456 e. The second kappa shape index (κ2) is 15.2. The Bertz CT molecular complexity index is 4600. The zero-order valence-corrected chi connectivity index (χ0v) is 38.2. The molecule has 0 bridgehead atoms. The summed E-state index contributed by atoms with van der Waals surface area (Å²) < 4.78 is 17.8. The van der Waals surface area contributed by atoms with Crippen molar-refractivity contribution in [3.8, 4) is 61.8 Å². The topological polar surface area (TPSA) is 57.0 Å². The minimum absolute atomic E-state index is 0.626. The lowest BCUT2D eigenvalue weighted by Gasteiger charge is -2.10. The highest BCUT2D eigenvalue weighted by molar-refractivity contribution is 7.25. The molecule has 0 spiro atoms. The third kappa shape index (κ3) is 6.10. The summed E-state index contributed by atoms with van der Waals surface area (Å²) in [5.41, 5.74) is 16.1. The Labute approximate surface area is 404 Å². The zero-order valence-electron chi connectivity index (χ0n) is 37.4. The molecule has 6 heteroatoms. The van der Waals surface area contributed by atoms with Crippen molar-refractivity contribution in [2.24, 2.45) is 0 Å². The van der Waals surface area contributed by atoms with Gasteiger partial charge < -0.3 is 13.4 Å². The summed E-state index contributed by atoms with van der Waals surface area (Å²) in [5, 5.41) is 9.25. The van der Waals surface area contributed by atoms with Gasteiger partial charge in [-0.3, -0.25) is 0 Å². The van der Waals surface area contributed by atoms with Crippen LogP contribution in [-0.4, -0.2) is 14.5 Å². The van der Waals surface area contributed by atoms with Gasteiger partial charge in [0, 0.05) is 74.9 Å². The fraction of sp³-hybridized carbons (Fsp3) is 0. The van der Waals surface area contributed by atoms with E-state index in [2.05, 4.69) is 187 Å². The predicted molar refractivity (Wildman–Crippen MR) is 291 cm³/mol. The Morgan fingerprint density at radius 3 is 1.83 bits per heavy atom. The molecule has 0 saturated carbocycles. The number of aromatic nitrogens is 3. The number of fused-ring (bicyclic) bond motifs is 12. The maximum Gasteiger partial charge on any atom is 0.160 e.